The molecule has 200 valence electrons. The molecule has 0 bridgehead atoms. The van der Waals surface area contributed by atoms with Gasteiger partial charge in [-0.25, -0.2) is 0 Å². The van der Waals surface area contributed by atoms with Crippen LogP contribution in [0.5, 0.6) is 11.5 Å². The van der Waals surface area contributed by atoms with Gasteiger partial charge in [0.15, 0.2) is 23.1 Å². The van der Waals surface area contributed by atoms with E-state index in [4.69, 9.17) is 21.1 Å². The standard InChI is InChI=1S/C32H36ClNO4/c1-31(2)14-22-28(24(35)16-31)27(29-23(34(22)5)15-32(3,4)17-25(29)36)20-12-21(33)30(26(13-20)37-6)38-18-19-10-8-7-9-11-19/h7-13,27H,14-18H2,1-6H3. The minimum Gasteiger partial charge on any atom is -0.493 e. The molecule has 2 aliphatic carbocycles. The molecule has 3 aliphatic rings. The first kappa shape index (κ1) is 26.6. The Morgan fingerprint density at radius 2 is 1.45 bits per heavy atom. The predicted octanol–water partition coefficient (Wildman–Crippen LogP) is 7.24. The summed E-state index contributed by atoms with van der Waals surface area (Å²) in [6, 6.07) is 13.6. The van der Waals surface area contributed by atoms with E-state index in [-0.39, 0.29) is 22.4 Å². The molecule has 38 heavy (non-hydrogen) atoms. The van der Waals surface area contributed by atoms with Crippen molar-refractivity contribution in [2.45, 2.75) is 65.9 Å². The quantitative estimate of drug-likeness (QED) is 0.405. The van der Waals surface area contributed by atoms with E-state index in [2.05, 4.69) is 32.6 Å². The van der Waals surface area contributed by atoms with Crippen molar-refractivity contribution in [3.05, 3.63) is 81.2 Å². The molecule has 5 rings (SSSR count). The second-order valence-corrected chi connectivity index (χ2v) is 12.8. The molecule has 0 unspecified atom stereocenters. The van der Waals surface area contributed by atoms with E-state index in [0.717, 1.165) is 46.5 Å². The number of ketones is 2. The highest BCUT2D eigenvalue weighted by Gasteiger charge is 2.48. The Balaban J connectivity index is 1.64. The van der Waals surface area contributed by atoms with Crippen LogP contribution in [0.15, 0.2) is 65.0 Å². The molecular formula is C32H36ClNO4. The zero-order chi connectivity index (χ0) is 27.4. The minimum absolute atomic E-state index is 0.0942. The average Bonchev–Trinajstić information content (AvgIpc) is 2.83. The third-order valence-corrected chi connectivity index (χ3v) is 8.27. The zero-order valence-corrected chi connectivity index (χ0v) is 23.9. The highest BCUT2D eigenvalue weighted by molar-refractivity contribution is 6.32. The zero-order valence-electron chi connectivity index (χ0n) is 23.1. The lowest BCUT2D eigenvalue weighted by Crippen LogP contribution is -2.43. The normalized spacial score (nSPS) is 20.9. The van der Waals surface area contributed by atoms with E-state index in [1.165, 1.54) is 0 Å². The fourth-order valence-corrected chi connectivity index (χ4v) is 6.55. The molecule has 5 nitrogen and oxygen atoms in total. The van der Waals surface area contributed by atoms with Crippen molar-refractivity contribution in [3.8, 4) is 11.5 Å². The molecule has 0 saturated heterocycles. The number of hydrogen-bond acceptors (Lipinski definition) is 5. The van der Waals surface area contributed by atoms with Crippen LogP contribution in [0.1, 0.15) is 70.4 Å². The van der Waals surface area contributed by atoms with Crippen LogP contribution >= 0.6 is 11.6 Å². The average molecular weight is 534 g/mol. The van der Waals surface area contributed by atoms with Gasteiger partial charge in [-0.3, -0.25) is 9.59 Å². The van der Waals surface area contributed by atoms with Crippen molar-refractivity contribution in [1.82, 2.24) is 4.90 Å². The highest BCUT2D eigenvalue weighted by Crippen LogP contribution is 2.55. The summed E-state index contributed by atoms with van der Waals surface area (Å²) < 4.78 is 11.8. The predicted molar refractivity (Wildman–Crippen MR) is 149 cm³/mol. The number of carbonyl (C=O) groups is 2. The number of carbonyl (C=O) groups excluding carboxylic acids is 2. The molecule has 0 saturated carbocycles. The van der Waals surface area contributed by atoms with Gasteiger partial charge < -0.3 is 14.4 Å². The van der Waals surface area contributed by atoms with E-state index < -0.39 is 5.92 Å². The Hall–Kier alpha value is -3.05. The lowest BCUT2D eigenvalue weighted by atomic mass is 9.63. The number of hydrogen-bond donors (Lipinski definition) is 0. The lowest BCUT2D eigenvalue weighted by Gasteiger charge is -2.48. The molecule has 0 atom stereocenters. The summed E-state index contributed by atoms with van der Waals surface area (Å²) in [6.07, 6.45) is 2.44. The van der Waals surface area contributed by atoms with Crippen molar-refractivity contribution >= 4 is 23.2 Å². The molecule has 2 aromatic rings. The van der Waals surface area contributed by atoms with Crippen LogP contribution in [0.2, 0.25) is 5.02 Å². The Morgan fingerprint density at radius 3 is 1.97 bits per heavy atom. The Bertz CT molecular complexity index is 1320. The van der Waals surface area contributed by atoms with Gasteiger partial charge in [0.1, 0.15) is 6.61 Å². The monoisotopic (exact) mass is 533 g/mol. The molecule has 2 aromatic carbocycles. The number of nitrogens with zero attached hydrogens (tertiary/aromatic N) is 1. The number of allylic oxidation sites excluding steroid dienone is 4. The van der Waals surface area contributed by atoms with Gasteiger partial charge in [-0.05, 0) is 46.9 Å². The Morgan fingerprint density at radius 1 is 0.895 bits per heavy atom. The second kappa shape index (κ2) is 9.60. The smallest absolute Gasteiger partial charge is 0.180 e. The van der Waals surface area contributed by atoms with Crippen molar-refractivity contribution in [2.75, 3.05) is 14.2 Å². The lowest BCUT2D eigenvalue weighted by molar-refractivity contribution is -0.119. The van der Waals surface area contributed by atoms with Gasteiger partial charge in [0, 0.05) is 48.3 Å². The first-order valence-electron chi connectivity index (χ1n) is 13.2. The molecule has 0 N–H and O–H groups in total. The highest BCUT2D eigenvalue weighted by atomic mass is 35.5. The van der Waals surface area contributed by atoms with E-state index in [9.17, 15) is 9.59 Å². The van der Waals surface area contributed by atoms with Crippen LogP contribution < -0.4 is 9.47 Å². The summed E-state index contributed by atoms with van der Waals surface area (Å²) in [5.74, 6) is 0.649. The van der Waals surface area contributed by atoms with Gasteiger partial charge in [0.05, 0.1) is 12.1 Å². The van der Waals surface area contributed by atoms with Crippen LogP contribution in [0, 0.1) is 10.8 Å². The van der Waals surface area contributed by atoms with Crippen LogP contribution in [0.3, 0.4) is 0 Å². The summed E-state index contributed by atoms with van der Waals surface area (Å²) in [7, 11) is 3.59. The molecule has 1 heterocycles. The maximum absolute atomic E-state index is 13.7. The molecule has 6 heteroatoms. The maximum Gasteiger partial charge on any atom is 0.180 e. The Labute approximate surface area is 230 Å². The molecule has 0 radical (unpaired) electrons. The number of benzene rings is 2. The summed E-state index contributed by atoms with van der Waals surface area (Å²) in [6.45, 7) is 8.88. The summed E-state index contributed by atoms with van der Waals surface area (Å²) in [5, 5.41) is 0.394. The van der Waals surface area contributed by atoms with Gasteiger partial charge in [0.2, 0.25) is 0 Å². The molecule has 0 fully saturated rings. The summed E-state index contributed by atoms with van der Waals surface area (Å²) in [4.78, 5) is 29.6. The third-order valence-electron chi connectivity index (χ3n) is 7.99. The van der Waals surface area contributed by atoms with Gasteiger partial charge in [-0.1, -0.05) is 69.6 Å². The number of ether oxygens (including phenoxy) is 2. The molecule has 1 aliphatic heterocycles. The van der Waals surface area contributed by atoms with Crippen molar-refractivity contribution in [3.63, 3.8) is 0 Å². The van der Waals surface area contributed by atoms with Crippen LogP contribution in [-0.4, -0.2) is 30.6 Å². The number of rotatable bonds is 5. The summed E-state index contributed by atoms with van der Waals surface area (Å²) >= 11 is 6.82. The van der Waals surface area contributed by atoms with Gasteiger partial charge >= 0.3 is 0 Å². The van der Waals surface area contributed by atoms with Gasteiger partial charge in [-0.15, -0.1) is 0 Å². The van der Waals surface area contributed by atoms with Gasteiger partial charge in [-0.2, -0.15) is 0 Å². The van der Waals surface area contributed by atoms with Crippen LogP contribution in [-0.2, 0) is 16.2 Å². The van der Waals surface area contributed by atoms with E-state index in [1.807, 2.05) is 49.5 Å². The van der Waals surface area contributed by atoms with E-state index >= 15 is 0 Å². The maximum atomic E-state index is 13.7. The number of halogens is 1. The van der Waals surface area contributed by atoms with Crippen molar-refractivity contribution < 1.29 is 19.1 Å². The Kier molecular flexibility index (Phi) is 6.71. The van der Waals surface area contributed by atoms with Crippen LogP contribution in [0.4, 0.5) is 0 Å². The number of methoxy groups -OCH3 is 1. The largest absolute Gasteiger partial charge is 0.493 e. The molecule has 0 amide bonds. The van der Waals surface area contributed by atoms with Gasteiger partial charge in [0.25, 0.3) is 0 Å². The van der Waals surface area contributed by atoms with E-state index in [0.29, 0.717) is 36.0 Å². The minimum atomic E-state index is -0.474. The fourth-order valence-electron chi connectivity index (χ4n) is 6.27. The van der Waals surface area contributed by atoms with Crippen molar-refractivity contribution in [1.29, 1.82) is 0 Å². The van der Waals surface area contributed by atoms with Crippen LogP contribution in [0.25, 0.3) is 0 Å². The van der Waals surface area contributed by atoms with E-state index in [1.54, 1.807) is 7.11 Å². The second-order valence-electron chi connectivity index (χ2n) is 12.4. The first-order valence-corrected chi connectivity index (χ1v) is 13.6. The van der Waals surface area contributed by atoms with Crippen molar-refractivity contribution in [2.24, 2.45) is 10.8 Å². The topological polar surface area (TPSA) is 55.8 Å². The first-order chi connectivity index (χ1) is 17.9. The third kappa shape index (κ3) is 4.77. The fraction of sp³-hybridized carbons (Fsp3) is 0.438. The molecule has 0 aromatic heterocycles. The SMILES string of the molecule is COc1cc(C2C3=C(CC(C)(C)CC3=O)N(C)C3=C2C(=O)CC(C)(C)C3)cc(Cl)c1OCc1ccccc1. The number of Topliss-reactive ketones (excluding diaryl/α,β-unsaturated/α-hetero) is 2. The molecular weight excluding hydrogens is 498 g/mol. The summed E-state index contributed by atoms with van der Waals surface area (Å²) in [5.41, 5.74) is 4.97. The molecule has 0 spiro atoms.